The van der Waals surface area contributed by atoms with Crippen LogP contribution in [0.1, 0.15) is 6.42 Å². The SMILES string of the molecule is O=C1CC=C2C(=O)NCN=C2N1. The summed E-state index contributed by atoms with van der Waals surface area (Å²) >= 11 is 0. The Morgan fingerprint density at radius 1 is 1.42 bits per heavy atom. The standard InChI is InChI=1S/C7H7N3O2/c11-5-2-1-4-6(10-5)8-3-9-7(4)12/h1H,2-3H2,(H,9,12)(H,8,10,11). The fraction of sp³-hybridized carbons (Fsp3) is 0.286. The van der Waals surface area contributed by atoms with Gasteiger partial charge in [-0.3, -0.25) is 9.59 Å². The predicted molar refractivity (Wildman–Crippen MR) is 41.3 cm³/mol. The molecule has 0 aromatic heterocycles. The predicted octanol–water partition coefficient (Wildman–Crippen LogP) is -1.08. The van der Waals surface area contributed by atoms with Crippen LogP contribution in [0.4, 0.5) is 0 Å². The van der Waals surface area contributed by atoms with Gasteiger partial charge in [0.05, 0.1) is 5.57 Å². The molecule has 0 saturated heterocycles. The van der Waals surface area contributed by atoms with Gasteiger partial charge in [-0.05, 0) is 0 Å². The molecule has 0 atom stereocenters. The van der Waals surface area contributed by atoms with Crippen LogP contribution >= 0.6 is 0 Å². The number of nitrogens with one attached hydrogen (secondary N) is 2. The minimum atomic E-state index is -0.167. The number of fused-ring (bicyclic) bond motifs is 1. The summed E-state index contributed by atoms with van der Waals surface area (Å²) < 4.78 is 0. The Bertz CT molecular complexity index is 317. The highest BCUT2D eigenvalue weighted by atomic mass is 16.2. The Balaban J connectivity index is 2.39. The van der Waals surface area contributed by atoms with Crippen LogP contribution in [-0.2, 0) is 9.59 Å². The number of hydrogen-bond donors (Lipinski definition) is 2. The van der Waals surface area contributed by atoms with E-state index in [0.29, 0.717) is 11.4 Å². The van der Waals surface area contributed by atoms with E-state index in [-0.39, 0.29) is 24.9 Å². The van der Waals surface area contributed by atoms with Gasteiger partial charge in [0.1, 0.15) is 12.5 Å². The molecule has 2 N–H and O–H groups in total. The lowest BCUT2D eigenvalue weighted by Gasteiger charge is -2.19. The van der Waals surface area contributed by atoms with Crippen LogP contribution in [-0.4, -0.2) is 24.3 Å². The Labute approximate surface area is 68.5 Å². The molecular weight excluding hydrogens is 158 g/mol. The first-order valence-corrected chi connectivity index (χ1v) is 3.60. The first-order valence-electron chi connectivity index (χ1n) is 3.60. The van der Waals surface area contributed by atoms with Crippen LogP contribution in [0.5, 0.6) is 0 Å². The lowest BCUT2D eigenvalue weighted by atomic mass is 10.1. The van der Waals surface area contributed by atoms with Crippen molar-refractivity contribution in [3.8, 4) is 0 Å². The van der Waals surface area contributed by atoms with E-state index in [9.17, 15) is 9.59 Å². The van der Waals surface area contributed by atoms with Crippen molar-refractivity contribution in [2.24, 2.45) is 4.99 Å². The fourth-order valence-electron chi connectivity index (χ4n) is 1.15. The number of carbonyl (C=O) groups excluding carboxylic acids is 2. The van der Waals surface area contributed by atoms with E-state index < -0.39 is 0 Å². The van der Waals surface area contributed by atoms with Crippen LogP contribution in [0, 0.1) is 0 Å². The number of amidine groups is 1. The molecule has 0 unspecified atom stereocenters. The smallest absolute Gasteiger partial charge is 0.256 e. The molecule has 12 heavy (non-hydrogen) atoms. The molecule has 0 aliphatic carbocycles. The van der Waals surface area contributed by atoms with Crippen molar-refractivity contribution in [1.29, 1.82) is 0 Å². The summed E-state index contributed by atoms with van der Waals surface area (Å²) in [6, 6.07) is 0. The normalized spacial score (nSPS) is 21.7. The van der Waals surface area contributed by atoms with Gasteiger partial charge >= 0.3 is 0 Å². The first kappa shape index (κ1) is 7.02. The van der Waals surface area contributed by atoms with Gasteiger partial charge < -0.3 is 10.6 Å². The zero-order valence-electron chi connectivity index (χ0n) is 6.26. The average molecular weight is 165 g/mol. The largest absolute Gasteiger partial charge is 0.333 e. The van der Waals surface area contributed by atoms with Crippen molar-refractivity contribution < 1.29 is 9.59 Å². The maximum absolute atomic E-state index is 11.1. The number of nitrogens with zero attached hydrogens (tertiary/aromatic N) is 1. The van der Waals surface area contributed by atoms with Gasteiger partial charge in [0.25, 0.3) is 5.91 Å². The van der Waals surface area contributed by atoms with Crippen molar-refractivity contribution in [1.82, 2.24) is 10.6 Å². The second-order valence-electron chi connectivity index (χ2n) is 2.54. The van der Waals surface area contributed by atoms with Gasteiger partial charge in [0.15, 0.2) is 0 Å². The van der Waals surface area contributed by atoms with Gasteiger partial charge in [0, 0.05) is 6.42 Å². The summed E-state index contributed by atoms with van der Waals surface area (Å²) in [7, 11) is 0. The molecular formula is C7H7N3O2. The number of carbonyl (C=O) groups is 2. The average Bonchev–Trinajstić information content (AvgIpc) is 2.04. The van der Waals surface area contributed by atoms with Crippen LogP contribution in [0.3, 0.4) is 0 Å². The van der Waals surface area contributed by atoms with Gasteiger partial charge in [-0.1, -0.05) is 6.08 Å². The molecule has 5 nitrogen and oxygen atoms in total. The van der Waals surface area contributed by atoms with Gasteiger partial charge in [0.2, 0.25) is 5.91 Å². The molecule has 0 spiro atoms. The maximum Gasteiger partial charge on any atom is 0.256 e. The molecule has 62 valence electrons. The monoisotopic (exact) mass is 165 g/mol. The molecule has 2 rings (SSSR count). The Morgan fingerprint density at radius 2 is 2.25 bits per heavy atom. The van der Waals surface area contributed by atoms with Crippen molar-refractivity contribution in [2.75, 3.05) is 6.67 Å². The number of hydrogen-bond acceptors (Lipinski definition) is 3. The van der Waals surface area contributed by atoms with Gasteiger partial charge in [-0.15, -0.1) is 0 Å². The van der Waals surface area contributed by atoms with E-state index in [4.69, 9.17) is 0 Å². The molecule has 2 heterocycles. The highest BCUT2D eigenvalue weighted by molar-refractivity contribution is 6.26. The Morgan fingerprint density at radius 3 is 3.08 bits per heavy atom. The molecule has 2 aliphatic heterocycles. The highest BCUT2D eigenvalue weighted by Crippen LogP contribution is 2.07. The maximum atomic E-state index is 11.1. The number of rotatable bonds is 0. The molecule has 0 radical (unpaired) electrons. The van der Waals surface area contributed by atoms with E-state index in [1.54, 1.807) is 6.08 Å². The lowest BCUT2D eigenvalue weighted by Crippen LogP contribution is -2.44. The number of aliphatic imine (C=N–C) groups is 1. The summed E-state index contributed by atoms with van der Waals surface area (Å²) in [5.74, 6) is 0.113. The second kappa shape index (κ2) is 2.44. The summed E-state index contributed by atoms with van der Waals surface area (Å²) in [5, 5.41) is 5.08. The third-order valence-electron chi connectivity index (χ3n) is 1.73. The summed E-state index contributed by atoms with van der Waals surface area (Å²) in [5.41, 5.74) is 0.473. The highest BCUT2D eigenvalue weighted by Gasteiger charge is 2.24. The topological polar surface area (TPSA) is 70.6 Å². The summed E-state index contributed by atoms with van der Waals surface area (Å²) in [4.78, 5) is 25.9. The van der Waals surface area contributed by atoms with E-state index in [1.165, 1.54) is 0 Å². The van der Waals surface area contributed by atoms with E-state index in [1.807, 2.05) is 0 Å². The Kier molecular flexibility index (Phi) is 1.43. The molecule has 0 aromatic rings. The minimum absolute atomic E-state index is 0.118. The third kappa shape index (κ3) is 0.990. The zero-order chi connectivity index (χ0) is 8.55. The molecule has 0 saturated carbocycles. The quantitative estimate of drug-likeness (QED) is 0.479. The number of amides is 2. The zero-order valence-corrected chi connectivity index (χ0v) is 6.26. The lowest BCUT2D eigenvalue weighted by molar-refractivity contribution is -0.119. The van der Waals surface area contributed by atoms with Crippen molar-refractivity contribution in [2.45, 2.75) is 6.42 Å². The fourth-order valence-corrected chi connectivity index (χ4v) is 1.15. The second-order valence-corrected chi connectivity index (χ2v) is 2.54. The van der Waals surface area contributed by atoms with Crippen molar-refractivity contribution >= 4 is 17.6 Å². The van der Waals surface area contributed by atoms with Crippen LogP contribution < -0.4 is 10.6 Å². The molecule has 0 bridgehead atoms. The van der Waals surface area contributed by atoms with Crippen molar-refractivity contribution in [3.63, 3.8) is 0 Å². The van der Waals surface area contributed by atoms with Gasteiger partial charge in [-0.25, -0.2) is 4.99 Å². The summed E-state index contributed by atoms with van der Waals surface area (Å²) in [6.45, 7) is 0.242. The van der Waals surface area contributed by atoms with Gasteiger partial charge in [-0.2, -0.15) is 0 Å². The van der Waals surface area contributed by atoms with Crippen LogP contribution in [0.15, 0.2) is 16.6 Å². The van der Waals surface area contributed by atoms with E-state index in [0.717, 1.165) is 0 Å². The van der Waals surface area contributed by atoms with E-state index in [2.05, 4.69) is 15.6 Å². The van der Waals surface area contributed by atoms with Crippen LogP contribution in [0.2, 0.25) is 0 Å². The molecule has 2 aliphatic rings. The van der Waals surface area contributed by atoms with Crippen LogP contribution in [0.25, 0.3) is 0 Å². The third-order valence-corrected chi connectivity index (χ3v) is 1.73. The molecule has 5 heteroatoms. The summed E-state index contributed by atoms with van der Waals surface area (Å²) in [6.07, 6.45) is 1.84. The molecule has 0 fully saturated rings. The first-order chi connectivity index (χ1) is 5.77. The minimum Gasteiger partial charge on any atom is -0.333 e. The Hall–Kier alpha value is -1.65. The van der Waals surface area contributed by atoms with Crippen molar-refractivity contribution in [3.05, 3.63) is 11.6 Å². The van der Waals surface area contributed by atoms with E-state index >= 15 is 0 Å². The molecule has 2 amide bonds. The molecule has 0 aromatic carbocycles.